The second-order valence-electron chi connectivity index (χ2n) is 7.43. The van der Waals surface area contributed by atoms with Gasteiger partial charge >= 0.3 is 0 Å². The molecule has 0 saturated carbocycles. The number of carbonyl (C=O) groups excluding carboxylic acids is 1. The molecule has 1 fully saturated rings. The van der Waals surface area contributed by atoms with Crippen LogP contribution in [0.3, 0.4) is 0 Å². The SMILES string of the molecule is CC1CN(Cc2csc(NC(=O)[C@@H](N)C(C)(C)C)n2)CC(C)O1. The Bertz CT molecular complexity index is 530. The van der Waals surface area contributed by atoms with E-state index in [9.17, 15) is 4.79 Å². The lowest BCUT2D eigenvalue weighted by molar-refractivity contribution is -0.119. The van der Waals surface area contributed by atoms with Gasteiger partial charge < -0.3 is 15.8 Å². The standard InChI is InChI=1S/C16H28N4O2S/c1-10-6-20(7-11(2)22-10)8-12-9-23-15(18-12)19-14(21)13(17)16(3,4)5/h9-11,13H,6-8,17H2,1-5H3,(H,18,19,21)/t10?,11?,13-/m1/s1. The minimum atomic E-state index is -0.559. The van der Waals surface area contributed by atoms with Crippen molar-refractivity contribution in [1.29, 1.82) is 0 Å². The van der Waals surface area contributed by atoms with Gasteiger partial charge in [0.1, 0.15) is 0 Å². The van der Waals surface area contributed by atoms with E-state index in [0.29, 0.717) is 5.13 Å². The molecule has 1 aliphatic rings. The third kappa shape index (κ3) is 5.24. The lowest BCUT2D eigenvalue weighted by atomic mass is 9.87. The number of rotatable bonds is 4. The summed E-state index contributed by atoms with van der Waals surface area (Å²) in [5, 5.41) is 5.42. The fraction of sp³-hybridized carbons (Fsp3) is 0.750. The van der Waals surface area contributed by atoms with E-state index in [0.717, 1.165) is 25.3 Å². The van der Waals surface area contributed by atoms with E-state index in [1.807, 2.05) is 26.2 Å². The van der Waals surface area contributed by atoms with E-state index in [1.165, 1.54) is 11.3 Å². The van der Waals surface area contributed by atoms with E-state index in [4.69, 9.17) is 10.5 Å². The van der Waals surface area contributed by atoms with Gasteiger partial charge in [0.15, 0.2) is 5.13 Å². The molecule has 3 atom stereocenters. The summed E-state index contributed by atoms with van der Waals surface area (Å²) in [6, 6.07) is -0.559. The van der Waals surface area contributed by atoms with Gasteiger partial charge in [-0.05, 0) is 19.3 Å². The molecule has 1 aromatic heterocycles. The van der Waals surface area contributed by atoms with Gasteiger partial charge in [0, 0.05) is 25.0 Å². The average molecular weight is 340 g/mol. The highest BCUT2D eigenvalue weighted by Crippen LogP contribution is 2.22. The van der Waals surface area contributed by atoms with E-state index >= 15 is 0 Å². The molecule has 1 saturated heterocycles. The Balaban J connectivity index is 1.92. The van der Waals surface area contributed by atoms with Crippen LogP contribution in [0.4, 0.5) is 5.13 Å². The Morgan fingerprint density at radius 1 is 1.48 bits per heavy atom. The molecule has 2 heterocycles. The minimum absolute atomic E-state index is 0.188. The zero-order valence-electron chi connectivity index (χ0n) is 14.6. The van der Waals surface area contributed by atoms with E-state index in [1.54, 1.807) is 0 Å². The molecule has 0 radical (unpaired) electrons. The van der Waals surface area contributed by atoms with Crippen molar-refractivity contribution in [3.63, 3.8) is 0 Å². The number of nitrogens with one attached hydrogen (secondary N) is 1. The number of aromatic nitrogens is 1. The average Bonchev–Trinajstić information content (AvgIpc) is 2.82. The van der Waals surface area contributed by atoms with Crippen LogP contribution in [-0.2, 0) is 16.1 Å². The molecule has 1 aromatic rings. The van der Waals surface area contributed by atoms with Crippen LogP contribution in [0, 0.1) is 5.41 Å². The van der Waals surface area contributed by atoms with Crippen LogP contribution in [-0.4, -0.2) is 47.1 Å². The highest BCUT2D eigenvalue weighted by Gasteiger charge is 2.28. The molecule has 0 aliphatic carbocycles. The smallest absolute Gasteiger partial charge is 0.243 e. The summed E-state index contributed by atoms with van der Waals surface area (Å²) in [7, 11) is 0. The van der Waals surface area contributed by atoms with Crippen molar-refractivity contribution in [2.75, 3.05) is 18.4 Å². The fourth-order valence-corrected chi connectivity index (χ4v) is 3.36. The van der Waals surface area contributed by atoms with Crippen LogP contribution in [0.1, 0.15) is 40.3 Å². The lowest BCUT2D eigenvalue weighted by Gasteiger charge is -2.34. The van der Waals surface area contributed by atoms with E-state index in [-0.39, 0.29) is 23.5 Å². The van der Waals surface area contributed by atoms with Crippen molar-refractivity contribution in [3.8, 4) is 0 Å². The molecular formula is C16H28N4O2S. The number of thiazole rings is 1. The van der Waals surface area contributed by atoms with Gasteiger partial charge in [-0.1, -0.05) is 20.8 Å². The molecule has 23 heavy (non-hydrogen) atoms. The van der Waals surface area contributed by atoms with Crippen molar-refractivity contribution in [3.05, 3.63) is 11.1 Å². The number of hydrogen-bond donors (Lipinski definition) is 2. The molecular weight excluding hydrogens is 312 g/mol. The first-order chi connectivity index (χ1) is 10.6. The van der Waals surface area contributed by atoms with Gasteiger partial charge in [-0.25, -0.2) is 4.98 Å². The molecule has 0 aromatic carbocycles. The first-order valence-corrected chi connectivity index (χ1v) is 8.92. The lowest BCUT2D eigenvalue weighted by Crippen LogP contribution is -2.45. The molecule has 130 valence electrons. The highest BCUT2D eigenvalue weighted by atomic mass is 32.1. The normalized spacial score (nSPS) is 24.4. The van der Waals surface area contributed by atoms with Crippen LogP contribution in [0.5, 0.6) is 0 Å². The number of amides is 1. The van der Waals surface area contributed by atoms with Crippen molar-refractivity contribution in [2.24, 2.45) is 11.1 Å². The molecule has 6 nitrogen and oxygen atoms in total. The summed E-state index contributed by atoms with van der Waals surface area (Å²) < 4.78 is 5.74. The number of morpholine rings is 1. The third-order valence-corrected chi connectivity index (χ3v) is 4.68. The Hall–Kier alpha value is -1.02. The van der Waals surface area contributed by atoms with Crippen LogP contribution in [0.25, 0.3) is 0 Å². The molecule has 1 aliphatic heterocycles. The maximum absolute atomic E-state index is 12.1. The van der Waals surface area contributed by atoms with Gasteiger partial charge in [-0.3, -0.25) is 9.69 Å². The second-order valence-corrected chi connectivity index (χ2v) is 8.29. The topological polar surface area (TPSA) is 80.5 Å². The Morgan fingerprint density at radius 3 is 2.65 bits per heavy atom. The van der Waals surface area contributed by atoms with Crippen LogP contribution < -0.4 is 11.1 Å². The van der Waals surface area contributed by atoms with E-state index in [2.05, 4.69) is 29.0 Å². The summed E-state index contributed by atoms with van der Waals surface area (Å²) in [4.78, 5) is 19.0. The van der Waals surface area contributed by atoms with Gasteiger partial charge in [0.25, 0.3) is 0 Å². The predicted molar refractivity (Wildman–Crippen MR) is 93.5 cm³/mol. The molecule has 3 N–H and O–H groups in total. The van der Waals surface area contributed by atoms with Crippen LogP contribution in [0.15, 0.2) is 5.38 Å². The number of carbonyl (C=O) groups is 1. The maximum atomic E-state index is 12.1. The number of ether oxygens (including phenoxy) is 1. The zero-order chi connectivity index (χ0) is 17.2. The van der Waals surface area contributed by atoms with Crippen LogP contribution >= 0.6 is 11.3 Å². The number of anilines is 1. The first-order valence-electron chi connectivity index (χ1n) is 8.04. The first kappa shape index (κ1) is 18.3. The van der Waals surface area contributed by atoms with Crippen LogP contribution in [0.2, 0.25) is 0 Å². The number of nitrogens with two attached hydrogens (primary N) is 1. The molecule has 1 amide bonds. The largest absolute Gasteiger partial charge is 0.373 e. The molecule has 0 spiro atoms. The van der Waals surface area contributed by atoms with Gasteiger partial charge in [0.05, 0.1) is 23.9 Å². The Morgan fingerprint density at radius 2 is 2.09 bits per heavy atom. The number of hydrogen-bond acceptors (Lipinski definition) is 6. The fourth-order valence-electron chi connectivity index (χ4n) is 2.66. The molecule has 7 heteroatoms. The Kier molecular flexibility index (Phi) is 5.78. The van der Waals surface area contributed by atoms with E-state index < -0.39 is 6.04 Å². The Labute approximate surface area is 142 Å². The second kappa shape index (κ2) is 7.25. The van der Waals surface area contributed by atoms with Crippen molar-refractivity contribution >= 4 is 22.4 Å². The quantitative estimate of drug-likeness (QED) is 0.877. The van der Waals surface area contributed by atoms with Crippen molar-refractivity contribution in [1.82, 2.24) is 9.88 Å². The van der Waals surface area contributed by atoms with Gasteiger partial charge in [-0.15, -0.1) is 11.3 Å². The van der Waals surface area contributed by atoms with Crippen molar-refractivity contribution in [2.45, 2.75) is 59.4 Å². The van der Waals surface area contributed by atoms with Gasteiger partial charge in [-0.2, -0.15) is 0 Å². The zero-order valence-corrected chi connectivity index (χ0v) is 15.4. The summed E-state index contributed by atoms with van der Waals surface area (Å²) in [6.07, 6.45) is 0.475. The predicted octanol–water partition coefficient (Wildman–Crippen LogP) is 2.06. The number of nitrogens with zero attached hydrogens (tertiary/aromatic N) is 2. The summed E-state index contributed by atoms with van der Waals surface area (Å²) >= 11 is 1.44. The molecule has 0 bridgehead atoms. The minimum Gasteiger partial charge on any atom is -0.373 e. The van der Waals surface area contributed by atoms with Gasteiger partial charge in [0.2, 0.25) is 5.91 Å². The monoisotopic (exact) mass is 340 g/mol. The molecule has 2 unspecified atom stereocenters. The summed E-state index contributed by atoms with van der Waals surface area (Å²) in [5.74, 6) is -0.188. The summed E-state index contributed by atoms with van der Waals surface area (Å²) in [5.41, 5.74) is 6.67. The highest BCUT2D eigenvalue weighted by molar-refractivity contribution is 7.13. The van der Waals surface area contributed by atoms with Crippen molar-refractivity contribution < 1.29 is 9.53 Å². The summed E-state index contributed by atoms with van der Waals surface area (Å²) in [6.45, 7) is 12.6. The maximum Gasteiger partial charge on any atom is 0.243 e. The molecule has 2 rings (SSSR count). The third-order valence-electron chi connectivity index (χ3n) is 3.88.